The SMILES string of the molecule is CC1c2nn(C)c(-c3cc(F)cc(F)c3)c2CCN1C(=O)c1ccc2ncccc2c1Br. The Bertz CT molecular complexity index is 1360. The Hall–Kier alpha value is -3.13. The number of aryl methyl sites for hydroxylation is 1. The fourth-order valence-corrected chi connectivity index (χ4v) is 5.15. The molecule has 2 aromatic heterocycles. The third kappa shape index (κ3) is 3.30. The summed E-state index contributed by atoms with van der Waals surface area (Å²) in [7, 11) is 1.75. The fraction of sp³-hybridized carbons (Fsp3) is 0.208. The Balaban J connectivity index is 1.53. The number of rotatable bonds is 2. The van der Waals surface area contributed by atoms with Crippen LogP contribution in [0.15, 0.2) is 53.1 Å². The zero-order valence-electron chi connectivity index (χ0n) is 17.4. The van der Waals surface area contributed by atoms with Gasteiger partial charge in [-0.3, -0.25) is 14.5 Å². The van der Waals surface area contributed by atoms with Crippen LogP contribution in [0.1, 0.15) is 34.6 Å². The molecule has 2 aromatic carbocycles. The van der Waals surface area contributed by atoms with E-state index in [1.54, 1.807) is 28.9 Å². The van der Waals surface area contributed by atoms with Crippen LogP contribution in [0.4, 0.5) is 8.78 Å². The molecule has 4 aromatic rings. The van der Waals surface area contributed by atoms with Crippen molar-refractivity contribution in [3.05, 3.63) is 81.6 Å². The standard InChI is InChI=1S/C24H19BrF2N4O/c1-13-22-19(23(30(2)29-22)14-10-15(26)12-16(27)11-14)7-9-31(13)24(32)18-5-6-20-17(21(18)25)4-3-8-28-20/h3-6,8,10-13H,7,9H2,1-2H3. The number of nitrogens with zero attached hydrogens (tertiary/aromatic N) is 4. The Morgan fingerprint density at radius 2 is 1.91 bits per heavy atom. The number of benzene rings is 2. The zero-order valence-corrected chi connectivity index (χ0v) is 19.0. The molecule has 3 heterocycles. The van der Waals surface area contributed by atoms with Crippen LogP contribution >= 0.6 is 15.9 Å². The quantitative estimate of drug-likeness (QED) is 0.371. The lowest BCUT2D eigenvalue weighted by molar-refractivity contribution is 0.0673. The monoisotopic (exact) mass is 496 g/mol. The van der Waals surface area contributed by atoms with Gasteiger partial charge >= 0.3 is 0 Å². The number of hydrogen-bond donors (Lipinski definition) is 0. The van der Waals surface area contributed by atoms with Gasteiger partial charge in [-0.25, -0.2) is 8.78 Å². The second-order valence-electron chi connectivity index (χ2n) is 7.92. The van der Waals surface area contributed by atoms with Gasteiger partial charge in [-0.15, -0.1) is 0 Å². The van der Waals surface area contributed by atoms with E-state index in [1.165, 1.54) is 12.1 Å². The summed E-state index contributed by atoms with van der Waals surface area (Å²) in [5.74, 6) is -1.37. The fourth-order valence-electron chi connectivity index (χ4n) is 4.51. The van der Waals surface area contributed by atoms with Gasteiger partial charge in [-0.05, 0) is 59.6 Å². The minimum atomic E-state index is -0.633. The van der Waals surface area contributed by atoms with Gasteiger partial charge < -0.3 is 4.90 Å². The van der Waals surface area contributed by atoms with Crippen molar-refractivity contribution in [2.24, 2.45) is 7.05 Å². The molecule has 1 unspecified atom stereocenters. The molecule has 5 nitrogen and oxygen atoms in total. The molecule has 8 heteroatoms. The van der Waals surface area contributed by atoms with Crippen LogP contribution in [0.5, 0.6) is 0 Å². The van der Waals surface area contributed by atoms with E-state index in [0.717, 1.165) is 28.2 Å². The summed E-state index contributed by atoms with van der Waals surface area (Å²) in [5, 5.41) is 5.49. The summed E-state index contributed by atoms with van der Waals surface area (Å²) in [6.07, 6.45) is 2.26. The predicted molar refractivity (Wildman–Crippen MR) is 121 cm³/mol. The average molecular weight is 497 g/mol. The van der Waals surface area contributed by atoms with Crippen molar-refractivity contribution in [1.29, 1.82) is 0 Å². The second-order valence-corrected chi connectivity index (χ2v) is 8.71. The van der Waals surface area contributed by atoms with E-state index in [4.69, 9.17) is 0 Å². The van der Waals surface area contributed by atoms with Crippen molar-refractivity contribution in [3.8, 4) is 11.3 Å². The van der Waals surface area contributed by atoms with Gasteiger partial charge in [0.25, 0.3) is 5.91 Å². The Morgan fingerprint density at radius 3 is 2.66 bits per heavy atom. The van der Waals surface area contributed by atoms with Crippen molar-refractivity contribution in [2.75, 3.05) is 6.54 Å². The lowest BCUT2D eigenvalue weighted by Crippen LogP contribution is -2.39. The summed E-state index contributed by atoms with van der Waals surface area (Å²) in [5.41, 5.74) is 4.14. The maximum absolute atomic E-state index is 13.8. The molecule has 1 aliphatic rings. The van der Waals surface area contributed by atoms with Crippen molar-refractivity contribution in [1.82, 2.24) is 19.7 Å². The summed E-state index contributed by atoms with van der Waals surface area (Å²) in [4.78, 5) is 19.6. The molecule has 0 saturated carbocycles. The molecule has 1 aliphatic heterocycles. The van der Waals surface area contributed by atoms with Crippen molar-refractivity contribution < 1.29 is 13.6 Å². The Labute approximate surface area is 191 Å². The highest BCUT2D eigenvalue weighted by atomic mass is 79.9. The first-order valence-corrected chi connectivity index (χ1v) is 11.0. The van der Waals surface area contributed by atoms with Crippen LogP contribution in [-0.4, -0.2) is 32.1 Å². The number of carbonyl (C=O) groups is 1. The molecule has 32 heavy (non-hydrogen) atoms. The molecule has 0 fully saturated rings. The second kappa shape index (κ2) is 7.78. The maximum Gasteiger partial charge on any atom is 0.255 e. The summed E-state index contributed by atoms with van der Waals surface area (Å²) < 4.78 is 30.0. The maximum atomic E-state index is 13.8. The number of halogens is 3. The van der Waals surface area contributed by atoms with E-state index >= 15 is 0 Å². The molecule has 0 spiro atoms. The van der Waals surface area contributed by atoms with Gasteiger partial charge in [-0.1, -0.05) is 6.07 Å². The lowest BCUT2D eigenvalue weighted by atomic mass is 9.95. The molecule has 1 atom stereocenters. The van der Waals surface area contributed by atoms with Crippen molar-refractivity contribution in [2.45, 2.75) is 19.4 Å². The summed E-state index contributed by atoms with van der Waals surface area (Å²) in [6, 6.07) is 10.6. The number of aromatic nitrogens is 3. The van der Waals surface area contributed by atoms with Crippen molar-refractivity contribution in [3.63, 3.8) is 0 Å². The smallest absolute Gasteiger partial charge is 0.255 e. The molecule has 5 rings (SSSR count). The van der Waals surface area contributed by atoms with Crippen LogP contribution < -0.4 is 0 Å². The molecule has 1 amide bonds. The highest BCUT2D eigenvalue weighted by molar-refractivity contribution is 9.10. The minimum Gasteiger partial charge on any atom is -0.330 e. The first-order chi connectivity index (χ1) is 15.3. The molecule has 0 saturated heterocycles. The molecule has 162 valence electrons. The van der Waals surface area contributed by atoms with Crippen molar-refractivity contribution >= 4 is 32.7 Å². The predicted octanol–water partition coefficient (Wildman–Crippen LogP) is 5.44. The highest BCUT2D eigenvalue weighted by Crippen LogP contribution is 2.37. The molecular weight excluding hydrogens is 478 g/mol. The average Bonchev–Trinajstić information content (AvgIpc) is 3.10. The molecule has 0 aliphatic carbocycles. The number of amides is 1. The minimum absolute atomic E-state index is 0.107. The van der Waals surface area contributed by atoms with E-state index in [1.807, 2.05) is 25.1 Å². The highest BCUT2D eigenvalue weighted by Gasteiger charge is 2.34. The summed E-state index contributed by atoms with van der Waals surface area (Å²) >= 11 is 3.58. The first kappa shape index (κ1) is 20.8. The van der Waals surface area contributed by atoms with E-state index in [9.17, 15) is 13.6 Å². The van der Waals surface area contributed by atoms with E-state index in [-0.39, 0.29) is 11.9 Å². The molecular formula is C24H19BrF2N4O. The van der Waals surface area contributed by atoms with E-state index < -0.39 is 11.6 Å². The largest absolute Gasteiger partial charge is 0.330 e. The zero-order chi connectivity index (χ0) is 22.6. The number of carbonyl (C=O) groups excluding carboxylic acids is 1. The normalized spacial score (nSPS) is 15.8. The Morgan fingerprint density at radius 1 is 1.16 bits per heavy atom. The van der Waals surface area contributed by atoms with Gasteiger partial charge in [-0.2, -0.15) is 5.10 Å². The lowest BCUT2D eigenvalue weighted by Gasteiger charge is -2.33. The topological polar surface area (TPSA) is 51.0 Å². The van der Waals surface area contributed by atoms with Gasteiger partial charge in [0.05, 0.1) is 28.5 Å². The van der Waals surface area contributed by atoms with Gasteiger partial charge in [0.2, 0.25) is 0 Å². The van der Waals surface area contributed by atoms with Gasteiger partial charge in [0, 0.05) is 46.8 Å². The van der Waals surface area contributed by atoms with Gasteiger partial charge in [0.15, 0.2) is 0 Å². The van der Waals surface area contributed by atoms with Gasteiger partial charge in [0.1, 0.15) is 11.6 Å². The van der Waals surface area contributed by atoms with Crippen LogP contribution in [0.3, 0.4) is 0 Å². The van der Waals surface area contributed by atoms with Crippen LogP contribution in [0.25, 0.3) is 22.2 Å². The molecule has 0 radical (unpaired) electrons. The van der Waals surface area contributed by atoms with Crippen LogP contribution in [0.2, 0.25) is 0 Å². The third-order valence-corrected chi connectivity index (χ3v) is 6.84. The molecule has 0 bridgehead atoms. The summed E-state index contributed by atoms with van der Waals surface area (Å²) in [6.45, 7) is 2.40. The first-order valence-electron chi connectivity index (χ1n) is 10.2. The molecule has 0 N–H and O–H groups in total. The van der Waals surface area contributed by atoms with Crippen LogP contribution in [0, 0.1) is 11.6 Å². The van der Waals surface area contributed by atoms with E-state index in [2.05, 4.69) is 26.0 Å². The number of hydrogen-bond acceptors (Lipinski definition) is 3. The Kier molecular flexibility index (Phi) is 5.04. The van der Waals surface area contributed by atoms with E-state index in [0.29, 0.717) is 34.3 Å². The van der Waals surface area contributed by atoms with Crippen LogP contribution in [-0.2, 0) is 13.5 Å². The third-order valence-electron chi connectivity index (χ3n) is 5.99. The number of pyridine rings is 1. The number of fused-ring (bicyclic) bond motifs is 2.